The predicted octanol–water partition coefficient (Wildman–Crippen LogP) is 3.03. The third kappa shape index (κ3) is 2.90. The van der Waals surface area contributed by atoms with Crippen molar-refractivity contribution in [2.24, 2.45) is 17.2 Å². The number of hydrazine groups is 1. The van der Waals surface area contributed by atoms with Crippen molar-refractivity contribution in [1.82, 2.24) is 5.43 Å². The smallest absolute Gasteiger partial charge is 0.123 e. The molecular formula is C15H23FN2. The molecular weight excluding hydrogens is 227 g/mol. The van der Waals surface area contributed by atoms with Gasteiger partial charge in [-0.15, -0.1) is 0 Å². The SMILES string of the molecule is CC1(C)CCCC1C(Cc1cccc(F)c1)NN. The zero-order valence-electron chi connectivity index (χ0n) is 11.2. The van der Waals surface area contributed by atoms with E-state index in [1.165, 1.54) is 25.3 Å². The minimum atomic E-state index is -0.172. The number of rotatable bonds is 4. The van der Waals surface area contributed by atoms with Crippen molar-refractivity contribution in [3.05, 3.63) is 35.6 Å². The topological polar surface area (TPSA) is 38.0 Å². The number of hydrogen-bond acceptors (Lipinski definition) is 2. The summed E-state index contributed by atoms with van der Waals surface area (Å²) in [6.07, 6.45) is 4.51. The van der Waals surface area contributed by atoms with E-state index >= 15 is 0 Å². The van der Waals surface area contributed by atoms with Gasteiger partial charge >= 0.3 is 0 Å². The maximum Gasteiger partial charge on any atom is 0.123 e. The molecule has 1 fully saturated rings. The van der Waals surface area contributed by atoms with Gasteiger partial charge in [0.2, 0.25) is 0 Å². The molecule has 0 radical (unpaired) electrons. The molecule has 3 heteroatoms. The number of halogens is 1. The van der Waals surface area contributed by atoms with Gasteiger partial charge in [-0.25, -0.2) is 4.39 Å². The Morgan fingerprint density at radius 3 is 2.83 bits per heavy atom. The molecule has 100 valence electrons. The fourth-order valence-electron chi connectivity index (χ4n) is 3.33. The van der Waals surface area contributed by atoms with Crippen LogP contribution in [0, 0.1) is 17.2 Å². The molecule has 0 bridgehead atoms. The molecule has 1 saturated carbocycles. The molecule has 0 aliphatic heterocycles. The number of nitrogens with two attached hydrogens (primary N) is 1. The minimum absolute atomic E-state index is 0.172. The van der Waals surface area contributed by atoms with E-state index < -0.39 is 0 Å². The van der Waals surface area contributed by atoms with Crippen LogP contribution in [-0.4, -0.2) is 6.04 Å². The third-order valence-electron chi connectivity index (χ3n) is 4.38. The van der Waals surface area contributed by atoms with Crippen molar-refractivity contribution in [3.8, 4) is 0 Å². The first-order chi connectivity index (χ1) is 8.53. The monoisotopic (exact) mass is 250 g/mol. The van der Waals surface area contributed by atoms with Crippen LogP contribution in [-0.2, 0) is 6.42 Å². The van der Waals surface area contributed by atoms with Gasteiger partial charge < -0.3 is 0 Å². The molecule has 0 saturated heterocycles. The highest BCUT2D eigenvalue weighted by molar-refractivity contribution is 5.18. The highest BCUT2D eigenvalue weighted by Gasteiger charge is 2.39. The van der Waals surface area contributed by atoms with Crippen LogP contribution in [0.15, 0.2) is 24.3 Å². The summed E-state index contributed by atoms with van der Waals surface area (Å²) in [5, 5.41) is 0. The standard InChI is InChI=1S/C15H23FN2/c1-15(2)8-4-7-13(15)14(18-17)10-11-5-3-6-12(16)9-11/h3,5-6,9,13-14,18H,4,7-8,10,17H2,1-2H3. The summed E-state index contributed by atoms with van der Waals surface area (Å²) in [5.74, 6) is 6.10. The van der Waals surface area contributed by atoms with Crippen molar-refractivity contribution < 1.29 is 4.39 Å². The van der Waals surface area contributed by atoms with Crippen LogP contribution in [0.3, 0.4) is 0 Å². The first-order valence-electron chi connectivity index (χ1n) is 6.73. The van der Waals surface area contributed by atoms with E-state index in [-0.39, 0.29) is 11.9 Å². The minimum Gasteiger partial charge on any atom is -0.271 e. The van der Waals surface area contributed by atoms with Gasteiger partial charge in [0.1, 0.15) is 5.82 Å². The summed E-state index contributed by atoms with van der Waals surface area (Å²) in [5.41, 5.74) is 4.28. The molecule has 0 spiro atoms. The summed E-state index contributed by atoms with van der Waals surface area (Å²) in [7, 11) is 0. The molecule has 1 aliphatic carbocycles. The Kier molecular flexibility index (Phi) is 4.03. The number of benzene rings is 1. The van der Waals surface area contributed by atoms with Gasteiger partial charge in [0.05, 0.1) is 0 Å². The van der Waals surface area contributed by atoms with Gasteiger partial charge in [0.25, 0.3) is 0 Å². The van der Waals surface area contributed by atoms with Crippen LogP contribution >= 0.6 is 0 Å². The van der Waals surface area contributed by atoms with E-state index in [1.54, 1.807) is 12.1 Å². The summed E-state index contributed by atoms with van der Waals surface area (Å²) in [6.45, 7) is 4.61. The molecule has 1 aromatic carbocycles. The highest BCUT2D eigenvalue weighted by Crippen LogP contribution is 2.44. The van der Waals surface area contributed by atoms with Crippen LogP contribution in [0.5, 0.6) is 0 Å². The molecule has 1 aliphatic rings. The van der Waals surface area contributed by atoms with E-state index in [4.69, 9.17) is 5.84 Å². The van der Waals surface area contributed by atoms with E-state index in [1.807, 2.05) is 6.07 Å². The van der Waals surface area contributed by atoms with E-state index in [0.717, 1.165) is 12.0 Å². The van der Waals surface area contributed by atoms with Gasteiger partial charge in [0.15, 0.2) is 0 Å². The number of hydrogen-bond donors (Lipinski definition) is 2. The Hall–Kier alpha value is -0.930. The molecule has 0 aromatic heterocycles. The Labute approximate surface area is 109 Å². The van der Waals surface area contributed by atoms with Gasteiger partial charge in [-0.05, 0) is 48.3 Å². The second-order valence-electron chi connectivity index (χ2n) is 6.09. The molecule has 2 rings (SSSR count). The lowest BCUT2D eigenvalue weighted by atomic mass is 9.76. The second kappa shape index (κ2) is 5.37. The van der Waals surface area contributed by atoms with Gasteiger partial charge in [-0.3, -0.25) is 11.3 Å². The van der Waals surface area contributed by atoms with Crippen LogP contribution in [0.1, 0.15) is 38.7 Å². The number of nitrogens with one attached hydrogen (secondary N) is 1. The molecule has 2 atom stereocenters. The van der Waals surface area contributed by atoms with E-state index in [2.05, 4.69) is 19.3 Å². The zero-order chi connectivity index (χ0) is 13.2. The van der Waals surface area contributed by atoms with Gasteiger partial charge in [-0.1, -0.05) is 32.4 Å². The summed E-state index contributed by atoms with van der Waals surface area (Å²) < 4.78 is 13.2. The Balaban J connectivity index is 2.10. The maximum absolute atomic E-state index is 13.2. The Morgan fingerprint density at radius 1 is 1.50 bits per heavy atom. The van der Waals surface area contributed by atoms with Crippen LogP contribution in [0.25, 0.3) is 0 Å². The predicted molar refractivity (Wildman–Crippen MR) is 72.3 cm³/mol. The fraction of sp³-hybridized carbons (Fsp3) is 0.600. The highest BCUT2D eigenvalue weighted by atomic mass is 19.1. The average molecular weight is 250 g/mol. The normalized spacial score (nSPS) is 24.1. The summed E-state index contributed by atoms with van der Waals surface area (Å²) >= 11 is 0. The van der Waals surface area contributed by atoms with Crippen LogP contribution in [0.4, 0.5) is 4.39 Å². The van der Waals surface area contributed by atoms with Gasteiger partial charge in [0, 0.05) is 6.04 Å². The quantitative estimate of drug-likeness (QED) is 0.637. The van der Waals surface area contributed by atoms with Gasteiger partial charge in [-0.2, -0.15) is 0 Å². The van der Waals surface area contributed by atoms with Crippen LogP contribution < -0.4 is 11.3 Å². The zero-order valence-corrected chi connectivity index (χ0v) is 11.2. The van der Waals surface area contributed by atoms with Crippen molar-refractivity contribution in [1.29, 1.82) is 0 Å². The summed E-state index contributed by atoms with van der Waals surface area (Å²) in [4.78, 5) is 0. The molecule has 2 nitrogen and oxygen atoms in total. The largest absolute Gasteiger partial charge is 0.271 e. The molecule has 2 unspecified atom stereocenters. The molecule has 0 heterocycles. The molecule has 18 heavy (non-hydrogen) atoms. The van der Waals surface area contributed by atoms with Crippen molar-refractivity contribution in [2.75, 3.05) is 0 Å². The van der Waals surface area contributed by atoms with Crippen LogP contribution in [0.2, 0.25) is 0 Å². The Morgan fingerprint density at radius 2 is 2.28 bits per heavy atom. The lowest BCUT2D eigenvalue weighted by Crippen LogP contribution is -2.45. The molecule has 0 amide bonds. The third-order valence-corrected chi connectivity index (χ3v) is 4.38. The molecule has 3 N–H and O–H groups in total. The first-order valence-corrected chi connectivity index (χ1v) is 6.73. The van der Waals surface area contributed by atoms with Crippen molar-refractivity contribution in [3.63, 3.8) is 0 Å². The van der Waals surface area contributed by atoms with Crippen molar-refractivity contribution >= 4 is 0 Å². The summed E-state index contributed by atoms with van der Waals surface area (Å²) in [6, 6.07) is 7.04. The molecule has 1 aromatic rings. The van der Waals surface area contributed by atoms with E-state index in [0.29, 0.717) is 11.3 Å². The Bertz CT molecular complexity index is 403. The second-order valence-corrected chi connectivity index (χ2v) is 6.09. The maximum atomic E-state index is 13.2. The van der Waals surface area contributed by atoms with E-state index in [9.17, 15) is 4.39 Å². The average Bonchev–Trinajstić information content (AvgIpc) is 2.66. The lowest BCUT2D eigenvalue weighted by Gasteiger charge is -2.34. The van der Waals surface area contributed by atoms with Crippen molar-refractivity contribution in [2.45, 2.75) is 45.6 Å². The first kappa shape index (κ1) is 13.5. The lowest BCUT2D eigenvalue weighted by molar-refractivity contribution is 0.196. The fourth-order valence-corrected chi connectivity index (χ4v) is 3.33.